The summed E-state index contributed by atoms with van der Waals surface area (Å²) in [4.78, 5) is 124. The lowest BCUT2D eigenvalue weighted by atomic mass is 9.79. The number of amides is 6. The fourth-order valence-electron chi connectivity index (χ4n) is 9.25. The van der Waals surface area contributed by atoms with E-state index in [-0.39, 0.29) is 74.2 Å². The third kappa shape index (κ3) is 9.41. The fourth-order valence-corrected chi connectivity index (χ4v) is 14.7. The quantitative estimate of drug-likeness (QED) is 0.0477. The zero-order chi connectivity index (χ0) is 56.7. The van der Waals surface area contributed by atoms with Crippen LogP contribution in [-0.4, -0.2) is 69.0 Å². The van der Waals surface area contributed by atoms with E-state index in [1.807, 2.05) is 0 Å². The summed E-state index contributed by atoms with van der Waals surface area (Å²) in [5.41, 5.74) is -1.59. The lowest BCUT2D eigenvalue weighted by Crippen LogP contribution is -2.50. The van der Waals surface area contributed by atoms with Crippen LogP contribution in [0.15, 0.2) is 166 Å². The van der Waals surface area contributed by atoms with Crippen molar-refractivity contribution in [2.75, 3.05) is 0 Å². The molecule has 4 aromatic heterocycles. The summed E-state index contributed by atoms with van der Waals surface area (Å²) >= 11 is 4.57. The number of carbonyl (C=O) groups is 8. The molecule has 8 aromatic rings. The van der Waals surface area contributed by atoms with Crippen molar-refractivity contribution in [3.63, 3.8) is 0 Å². The molecule has 2 aliphatic heterocycles. The number of rotatable bonds is 12. The molecule has 0 unspecified atom stereocenters. The predicted octanol–water partition coefficient (Wildman–Crippen LogP) is 11.2. The van der Waals surface area contributed by atoms with Crippen molar-refractivity contribution >= 4 is 133 Å². The van der Waals surface area contributed by atoms with Gasteiger partial charge in [-0.2, -0.15) is 20.3 Å². The van der Waals surface area contributed by atoms with Gasteiger partial charge in [0.1, 0.15) is 71.1 Å². The minimum absolute atomic E-state index is 0.0404. The Hall–Kier alpha value is -9.84. The van der Waals surface area contributed by atoms with Gasteiger partial charge >= 0.3 is 24.1 Å². The second-order valence-electron chi connectivity index (χ2n) is 18.2. The maximum absolute atomic E-state index is 15.4. The Bertz CT molecular complexity index is 4180. The highest BCUT2D eigenvalue weighted by atomic mass is 32.1. The highest BCUT2D eigenvalue weighted by Gasteiger charge is 2.61. The van der Waals surface area contributed by atoms with Crippen LogP contribution in [-0.2, 0) is 79.6 Å². The van der Waals surface area contributed by atoms with E-state index < -0.39 is 70.0 Å². The number of nitrogens with zero attached hydrogens (tertiary/aromatic N) is 6. The van der Waals surface area contributed by atoms with Crippen molar-refractivity contribution in [2.45, 2.75) is 45.7 Å². The average Bonchev–Trinajstić information content (AvgIpc) is 4.31. The van der Waals surface area contributed by atoms with E-state index >= 15 is 9.59 Å². The molecule has 6 heterocycles. The molecule has 0 atom stereocenters. The molecule has 18 nitrogen and oxygen atoms in total. The van der Waals surface area contributed by atoms with Crippen LogP contribution in [0.25, 0.3) is 28.6 Å². The molecule has 0 fully saturated rings. The Morgan fingerprint density at radius 3 is 1.32 bits per heavy atom. The smallest absolute Gasteiger partial charge is 0.424 e. The van der Waals surface area contributed by atoms with Gasteiger partial charge in [-0.1, -0.05) is 121 Å². The number of benzene rings is 4. The van der Waals surface area contributed by atoms with E-state index in [1.165, 1.54) is 42.6 Å². The number of ether oxygens (including phenoxy) is 4. The van der Waals surface area contributed by atoms with Crippen molar-refractivity contribution < 1.29 is 57.3 Å². The zero-order valence-corrected chi connectivity index (χ0v) is 45.5. The van der Waals surface area contributed by atoms with Crippen LogP contribution >= 0.6 is 45.3 Å². The van der Waals surface area contributed by atoms with E-state index in [1.54, 1.807) is 140 Å². The molecule has 0 spiro atoms. The number of hydrogen-bond acceptors (Lipinski definition) is 20. The third-order valence-corrected chi connectivity index (χ3v) is 18.2. The van der Waals surface area contributed by atoms with E-state index in [9.17, 15) is 39.3 Å². The largest absolute Gasteiger partial charge is 0.459 e. The average molecular weight is 1150 g/mol. The van der Waals surface area contributed by atoms with E-state index in [0.29, 0.717) is 50.8 Å². The molecule has 0 saturated heterocycles. The number of aliphatic imine (C=N–C) groups is 2. The van der Waals surface area contributed by atoms with Gasteiger partial charge in [-0.15, -0.1) is 45.3 Å². The maximum atomic E-state index is 15.4. The monoisotopic (exact) mass is 1150 g/mol. The summed E-state index contributed by atoms with van der Waals surface area (Å²) in [6, 6.07) is 41.5. The van der Waals surface area contributed by atoms with Gasteiger partial charge in [0.25, 0.3) is 23.6 Å². The van der Waals surface area contributed by atoms with Crippen LogP contribution in [0.5, 0.6) is 0 Å². The van der Waals surface area contributed by atoms with Crippen LogP contribution in [0.2, 0.25) is 0 Å². The highest BCUT2D eigenvalue weighted by molar-refractivity contribution is 7.41. The summed E-state index contributed by atoms with van der Waals surface area (Å²) < 4.78 is 25.3. The molecule has 398 valence electrons. The number of nitriles is 2. The molecule has 3 aliphatic rings. The van der Waals surface area contributed by atoms with Crippen LogP contribution < -0.4 is 0 Å². The van der Waals surface area contributed by atoms with Crippen molar-refractivity contribution in [2.24, 2.45) is 9.98 Å². The Kier molecular flexibility index (Phi) is 14.3. The van der Waals surface area contributed by atoms with Gasteiger partial charge in [-0.3, -0.25) is 28.8 Å². The predicted molar refractivity (Wildman–Crippen MR) is 299 cm³/mol. The standard InChI is InChI=1S/C59H36N6O12S4/c1-31-37(25-60)51(66)64(57(72)76-29-35-19-11-5-12-20-35)53(68)44(31)62-41-23-39-46(79-41)48-43(59(39,55(70)74-27-33-15-7-3-8-16-33)56(71)75-28-34-17-9-4-10-18-34)49-50(81-48)47-40(78-49)24-42(80-47)63-45-32(2)38(26-61)52(67)65(54(45)69)58(73)77-30-36-21-13-6-14-22-36/h3-24H,27-30H2,1-2H3. The van der Waals surface area contributed by atoms with Gasteiger partial charge in [0.2, 0.25) is 5.41 Å². The molecule has 6 amide bonds. The zero-order valence-electron chi connectivity index (χ0n) is 42.2. The summed E-state index contributed by atoms with van der Waals surface area (Å²) in [6.07, 6.45) is -2.63. The minimum Gasteiger partial charge on any atom is -0.459 e. The SMILES string of the molecule is CC1=C(C#N)C(=O)N(C(=O)OCc2ccccc2)C(=O)C1=Nc1cc2c(s1)-c1sc3c(sc4cc(N=C5C(=O)N(C(=O)OCc6ccccc6)C(=O)C(C#N)=C5C)sc43)c1C2(C(=O)OCc1ccccc1)C(=O)OCc1ccccc1. The Morgan fingerprint density at radius 1 is 0.494 bits per heavy atom. The summed E-state index contributed by atoms with van der Waals surface area (Å²) in [5.74, 6) is -6.63. The lowest BCUT2D eigenvalue weighted by molar-refractivity contribution is -0.164. The van der Waals surface area contributed by atoms with Crippen LogP contribution in [0.3, 0.4) is 0 Å². The molecular weight excluding hydrogens is 1110 g/mol. The molecule has 0 bridgehead atoms. The molecule has 0 saturated carbocycles. The van der Waals surface area contributed by atoms with E-state index in [0.717, 1.165) is 22.7 Å². The molecule has 4 aromatic carbocycles. The van der Waals surface area contributed by atoms with E-state index in [2.05, 4.69) is 9.98 Å². The first-order chi connectivity index (χ1) is 39.2. The molecular formula is C59H36N6O12S4. The first kappa shape index (κ1) is 53.2. The molecule has 11 rings (SSSR count). The van der Waals surface area contributed by atoms with Gasteiger partial charge in [-0.25, -0.2) is 19.6 Å². The lowest BCUT2D eigenvalue weighted by Gasteiger charge is -2.26. The fraction of sp³-hybridized carbons (Fsp3) is 0.119. The van der Waals surface area contributed by atoms with Gasteiger partial charge < -0.3 is 18.9 Å². The number of imide groups is 6. The van der Waals surface area contributed by atoms with Crippen molar-refractivity contribution in [1.29, 1.82) is 10.5 Å². The summed E-state index contributed by atoms with van der Waals surface area (Å²) in [6.45, 7) is 1.66. The summed E-state index contributed by atoms with van der Waals surface area (Å²) in [5, 5.41) is 20.5. The van der Waals surface area contributed by atoms with Crippen molar-refractivity contribution in [1.82, 2.24) is 9.80 Å². The topological polar surface area (TPSA) is 252 Å². The number of thiophene rings is 4. The number of carbonyl (C=O) groups excluding carboxylic acids is 8. The minimum atomic E-state index is -2.34. The second kappa shape index (κ2) is 21.8. The van der Waals surface area contributed by atoms with Crippen molar-refractivity contribution in [3.05, 3.63) is 189 Å². The second-order valence-corrected chi connectivity index (χ2v) is 22.3. The molecule has 1 aliphatic carbocycles. The van der Waals surface area contributed by atoms with Gasteiger partial charge in [0, 0.05) is 27.0 Å². The molecule has 22 heteroatoms. The Morgan fingerprint density at radius 2 is 0.901 bits per heavy atom. The van der Waals surface area contributed by atoms with Crippen molar-refractivity contribution in [3.8, 4) is 21.9 Å². The van der Waals surface area contributed by atoms with Gasteiger partial charge in [-0.05, 0) is 48.2 Å². The summed E-state index contributed by atoms with van der Waals surface area (Å²) in [7, 11) is 0. The molecule has 0 N–H and O–H groups in total. The molecule has 81 heavy (non-hydrogen) atoms. The Balaban J connectivity index is 1.03. The Labute approximate surface area is 474 Å². The van der Waals surface area contributed by atoms with Crippen LogP contribution in [0.4, 0.5) is 19.6 Å². The van der Waals surface area contributed by atoms with Crippen LogP contribution in [0.1, 0.15) is 47.2 Å². The first-order valence-electron chi connectivity index (χ1n) is 24.4. The third-order valence-electron chi connectivity index (χ3n) is 13.3. The number of fused-ring (bicyclic) bond motifs is 7. The number of esters is 2. The number of hydrogen-bond donors (Lipinski definition) is 0. The molecule has 0 radical (unpaired) electrons. The van der Waals surface area contributed by atoms with Gasteiger partial charge in [0.05, 0.1) is 23.9 Å². The van der Waals surface area contributed by atoms with Crippen LogP contribution in [0, 0.1) is 22.7 Å². The van der Waals surface area contributed by atoms with E-state index in [4.69, 9.17) is 18.9 Å². The van der Waals surface area contributed by atoms with Gasteiger partial charge in [0.15, 0.2) is 0 Å². The maximum Gasteiger partial charge on any atom is 0.424 e. The highest BCUT2D eigenvalue weighted by Crippen LogP contribution is 2.63. The first-order valence-corrected chi connectivity index (χ1v) is 27.6. The normalized spacial score (nSPS) is 15.8.